The molecule has 1 aromatic carbocycles. The van der Waals surface area contributed by atoms with Crippen LogP contribution in [0.15, 0.2) is 23.1 Å². The number of rotatable bonds is 5. The zero-order valence-electron chi connectivity index (χ0n) is 17.0. The first-order valence-electron chi connectivity index (χ1n) is 10.5. The second kappa shape index (κ2) is 6.81. The summed E-state index contributed by atoms with van der Waals surface area (Å²) in [6.45, 7) is 3.23. The van der Waals surface area contributed by atoms with Crippen molar-refractivity contribution in [1.82, 2.24) is 4.90 Å². The fourth-order valence-electron chi connectivity index (χ4n) is 6.04. The van der Waals surface area contributed by atoms with Crippen LogP contribution >= 0.6 is 11.8 Å². The number of hydrogen-bond acceptors (Lipinski definition) is 5. The molecule has 1 spiro atoms. The normalized spacial score (nSPS) is 34.3. The lowest BCUT2D eigenvalue weighted by molar-refractivity contribution is -0.132. The summed E-state index contributed by atoms with van der Waals surface area (Å²) in [5.41, 5.74) is 3.44. The van der Waals surface area contributed by atoms with E-state index in [4.69, 9.17) is 9.47 Å². The number of ether oxygens (including phenoxy) is 2. The molecule has 4 nitrogen and oxygen atoms in total. The minimum atomic E-state index is -0.383. The maximum absolute atomic E-state index is 13.5. The molecule has 2 aliphatic carbocycles. The zero-order valence-corrected chi connectivity index (χ0v) is 17.8. The largest absolute Gasteiger partial charge is 0.493 e. The van der Waals surface area contributed by atoms with Gasteiger partial charge in [-0.1, -0.05) is 19.4 Å². The molecule has 150 valence electrons. The van der Waals surface area contributed by atoms with Crippen LogP contribution in [0.4, 0.5) is 0 Å². The second-order valence-electron chi connectivity index (χ2n) is 8.71. The average molecular weight is 400 g/mol. The Hall–Kier alpha value is -1.46. The SMILES string of the molecule is CCCCS/C=C1\CC2C3Cc4ccc(OC)c5c4C2(CCN3C)C(O5)C1=O. The molecule has 2 aliphatic heterocycles. The number of thioether (sulfide) groups is 1. The Morgan fingerprint density at radius 2 is 2.25 bits per heavy atom. The van der Waals surface area contributed by atoms with E-state index in [1.54, 1.807) is 18.9 Å². The van der Waals surface area contributed by atoms with Crippen LogP contribution in [-0.2, 0) is 16.6 Å². The van der Waals surface area contributed by atoms with Crippen LogP contribution < -0.4 is 9.47 Å². The highest BCUT2D eigenvalue weighted by Gasteiger charge is 2.66. The Kier molecular flexibility index (Phi) is 4.51. The fraction of sp³-hybridized carbons (Fsp3) is 0.609. The standard InChI is InChI=1S/C23H29NO3S/c1-4-5-10-28-13-15-11-16-17-12-14-6-7-18(26-3)21-19(14)23(16,8-9-24(17)2)22(27-21)20(15)25/h6-7,13,16-17,22H,4-5,8-12H2,1-3H3/b15-13+. The van der Waals surface area contributed by atoms with Crippen LogP contribution in [0, 0.1) is 5.92 Å². The minimum Gasteiger partial charge on any atom is -0.493 e. The molecule has 5 rings (SSSR count). The van der Waals surface area contributed by atoms with Crippen molar-refractivity contribution in [3.63, 3.8) is 0 Å². The number of ketones is 1. The van der Waals surface area contributed by atoms with Gasteiger partial charge >= 0.3 is 0 Å². The van der Waals surface area contributed by atoms with Crippen molar-refractivity contribution in [1.29, 1.82) is 0 Å². The van der Waals surface area contributed by atoms with Gasteiger partial charge < -0.3 is 14.4 Å². The molecule has 4 unspecified atom stereocenters. The van der Waals surface area contributed by atoms with E-state index in [1.807, 2.05) is 6.07 Å². The molecule has 4 aliphatic rings. The molecule has 4 atom stereocenters. The van der Waals surface area contributed by atoms with E-state index < -0.39 is 0 Å². The van der Waals surface area contributed by atoms with Crippen molar-refractivity contribution in [2.75, 3.05) is 26.5 Å². The maximum Gasteiger partial charge on any atom is 0.200 e. The molecule has 2 bridgehead atoms. The molecule has 1 aromatic rings. The summed E-state index contributed by atoms with van der Waals surface area (Å²) in [5, 5.41) is 2.14. The van der Waals surface area contributed by atoms with Crippen LogP contribution in [0.5, 0.6) is 11.5 Å². The van der Waals surface area contributed by atoms with Crippen LogP contribution in [0.25, 0.3) is 0 Å². The van der Waals surface area contributed by atoms with Crippen LogP contribution in [0.2, 0.25) is 0 Å². The third-order valence-corrected chi connectivity index (χ3v) is 8.41. The van der Waals surface area contributed by atoms with Gasteiger partial charge in [0, 0.05) is 22.6 Å². The van der Waals surface area contributed by atoms with Crippen LogP contribution in [0.1, 0.15) is 43.7 Å². The fourth-order valence-corrected chi connectivity index (χ4v) is 7.03. The topological polar surface area (TPSA) is 38.8 Å². The van der Waals surface area contributed by atoms with Crippen LogP contribution in [-0.4, -0.2) is 49.3 Å². The van der Waals surface area contributed by atoms with Gasteiger partial charge in [-0.15, -0.1) is 11.8 Å². The number of carbonyl (C=O) groups is 1. The molecule has 0 amide bonds. The molecule has 0 radical (unpaired) electrons. The molecule has 1 saturated heterocycles. The molecular weight excluding hydrogens is 370 g/mol. The van der Waals surface area contributed by atoms with Gasteiger partial charge in [0.15, 0.2) is 17.6 Å². The highest BCUT2D eigenvalue weighted by atomic mass is 32.2. The van der Waals surface area contributed by atoms with Gasteiger partial charge in [-0.25, -0.2) is 0 Å². The highest BCUT2D eigenvalue weighted by Crippen LogP contribution is 2.63. The van der Waals surface area contributed by atoms with Gasteiger partial charge in [-0.3, -0.25) is 4.79 Å². The molecule has 2 fully saturated rings. The van der Waals surface area contributed by atoms with E-state index in [0.717, 1.165) is 48.6 Å². The number of methoxy groups -OCH3 is 1. The van der Waals surface area contributed by atoms with E-state index in [-0.39, 0.29) is 17.3 Å². The van der Waals surface area contributed by atoms with Gasteiger partial charge in [-0.2, -0.15) is 0 Å². The number of benzene rings is 1. The van der Waals surface area contributed by atoms with Gasteiger partial charge in [0.25, 0.3) is 0 Å². The van der Waals surface area contributed by atoms with Crippen molar-refractivity contribution in [3.8, 4) is 11.5 Å². The van der Waals surface area contributed by atoms with Gasteiger partial charge in [-0.05, 0) is 68.0 Å². The Bertz CT molecular complexity index is 850. The maximum atomic E-state index is 13.5. The molecule has 28 heavy (non-hydrogen) atoms. The molecule has 5 heteroatoms. The van der Waals surface area contributed by atoms with Gasteiger partial charge in [0.05, 0.1) is 7.11 Å². The van der Waals surface area contributed by atoms with E-state index >= 15 is 0 Å². The van der Waals surface area contributed by atoms with Crippen molar-refractivity contribution in [2.45, 2.75) is 56.6 Å². The average Bonchev–Trinajstić information content (AvgIpc) is 3.05. The second-order valence-corrected chi connectivity index (χ2v) is 9.69. The summed E-state index contributed by atoms with van der Waals surface area (Å²) in [5.74, 6) is 3.33. The number of hydrogen-bond donors (Lipinski definition) is 0. The molecule has 0 N–H and O–H groups in total. The molecular formula is C23H29NO3S. The van der Waals surface area contributed by atoms with Crippen LogP contribution in [0.3, 0.4) is 0 Å². The number of carbonyl (C=O) groups excluding carboxylic acids is 1. The number of likely N-dealkylation sites (N-methyl/N-ethyl adjacent to an activating group) is 1. The summed E-state index contributed by atoms with van der Waals surface area (Å²) in [6.07, 6.45) is 4.90. The highest BCUT2D eigenvalue weighted by molar-refractivity contribution is 8.02. The monoisotopic (exact) mass is 399 g/mol. The van der Waals surface area contributed by atoms with Crippen molar-refractivity contribution in [3.05, 3.63) is 34.2 Å². The summed E-state index contributed by atoms with van der Waals surface area (Å²) in [4.78, 5) is 16.0. The lowest BCUT2D eigenvalue weighted by atomic mass is 9.51. The number of unbranched alkanes of at least 4 members (excludes halogenated alkanes) is 1. The van der Waals surface area contributed by atoms with Crippen molar-refractivity contribution >= 4 is 17.5 Å². The Labute approximate surface area is 171 Å². The first-order valence-corrected chi connectivity index (χ1v) is 11.6. The van der Waals surface area contributed by atoms with Gasteiger partial charge in [0.1, 0.15) is 0 Å². The Balaban J connectivity index is 1.61. The lowest BCUT2D eigenvalue weighted by Crippen LogP contribution is -2.65. The molecule has 1 saturated carbocycles. The quantitative estimate of drug-likeness (QED) is 0.554. The van der Waals surface area contributed by atoms with Crippen molar-refractivity contribution < 1.29 is 14.3 Å². The van der Waals surface area contributed by atoms with Crippen molar-refractivity contribution in [2.24, 2.45) is 5.92 Å². The lowest BCUT2D eigenvalue weighted by Gasteiger charge is -2.57. The predicted octanol–water partition coefficient (Wildman–Crippen LogP) is 3.96. The molecule has 2 heterocycles. The number of nitrogens with zero attached hydrogens (tertiary/aromatic N) is 1. The third kappa shape index (κ3) is 2.38. The number of Topliss-reactive ketones (excluding diaryl/α,β-unsaturated/α-hetero) is 1. The smallest absolute Gasteiger partial charge is 0.200 e. The van der Waals surface area contributed by atoms with E-state index in [2.05, 4.69) is 30.3 Å². The Morgan fingerprint density at radius 3 is 3.04 bits per heavy atom. The van der Waals surface area contributed by atoms with E-state index in [0.29, 0.717) is 12.0 Å². The van der Waals surface area contributed by atoms with Gasteiger partial charge in [0.2, 0.25) is 5.78 Å². The molecule has 0 aromatic heterocycles. The van der Waals surface area contributed by atoms with E-state index in [1.165, 1.54) is 24.0 Å². The summed E-state index contributed by atoms with van der Waals surface area (Å²) in [7, 11) is 3.93. The first kappa shape index (κ1) is 18.6. The summed E-state index contributed by atoms with van der Waals surface area (Å²) >= 11 is 1.79. The number of likely N-dealkylation sites (tertiary alicyclic amines) is 1. The van der Waals surface area contributed by atoms with E-state index in [9.17, 15) is 4.79 Å². The summed E-state index contributed by atoms with van der Waals surface area (Å²) in [6, 6.07) is 4.69. The third-order valence-electron chi connectivity index (χ3n) is 7.43. The Morgan fingerprint density at radius 1 is 1.39 bits per heavy atom. The number of piperidine rings is 1. The predicted molar refractivity (Wildman–Crippen MR) is 112 cm³/mol. The summed E-state index contributed by atoms with van der Waals surface area (Å²) < 4.78 is 12.1. The first-order chi connectivity index (χ1) is 13.6. The minimum absolute atomic E-state index is 0.170. The zero-order chi connectivity index (χ0) is 19.5.